The fourth-order valence-electron chi connectivity index (χ4n) is 2.09. The van der Waals surface area contributed by atoms with Crippen LogP contribution >= 0.6 is 0 Å². The van der Waals surface area contributed by atoms with Gasteiger partial charge >= 0.3 is 6.03 Å². The number of hydrogen-bond donors (Lipinski definition) is 1. The van der Waals surface area contributed by atoms with Crippen LogP contribution in [0.15, 0.2) is 24.3 Å². The van der Waals surface area contributed by atoms with E-state index >= 15 is 0 Å². The van der Waals surface area contributed by atoms with Gasteiger partial charge in [0.25, 0.3) is 0 Å². The number of benzene rings is 1. The van der Waals surface area contributed by atoms with Crippen LogP contribution in [0.4, 0.5) is 4.79 Å². The minimum atomic E-state index is -0.933. The molecule has 1 N–H and O–H groups in total. The third-order valence-electron chi connectivity index (χ3n) is 3.19. The molecule has 1 aliphatic rings. The Morgan fingerprint density at radius 2 is 1.89 bits per heavy atom. The monoisotopic (exact) mass is 250 g/mol. The van der Waals surface area contributed by atoms with Crippen molar-refractivity contribution in [3.05, 3.63) is 29.8 Å². The van der Waals surface area contributed by atoms with Crippen molar-refractivity contribution in [2.75, 3.05) is 34.3 Å². The molecule has 0 atom stereocenters. The Morgan fingerprint density at radius 3 is 2.33 bits per heavy atom. The fraction of sp³-hybridized carbons (Fsp3) is 0.462. The van der Waals surface area contributed by atoms with Crippen LogP contribution in [0.2, 0.25) is 0 Å². The number of carbonyl (C=O) groups is 1. The number of urea groups is 1. The normalized spacial score (nSPS) is 17.0. The standard InChI is InChI=1S/C13H18N2O3/c1-14(2)12(16)15-8-13(17,9-15)10-4-6-11(18-3)7-5-10/h4-7,17H,8-9H2,1-3H3. The molecule has 1 aliphatic heterocycles. The van der Waals surface area contributed by atoms with Crippen molar-refractivity contribution in [3.8, 4) is 5.75 Å². The zero-order valence-corrected chi connectivity index (χ0v) is 10.9. The summed E-state index contributed by atoms with van der Waals surface area (Å²) in [6, 6.07) is 7.20. The van der Waals surface area contributed by atoms with Crippen LogP contribution < -0.4 is 4.74 Å². The maximum Gasteiger partial charge on any atom is 0.319 e. The van der Waals surface area contributed by atoms with E-state index in [1.54, 1.807) is 26.1 Å². The molecule has 0 spiro atoms. The maximum absolute atomic E-state index is 11.7. The first-order valence-corrected chi connectivity index (χ1v) is 5.79. The van der Waals surface area contributed by atoms with E-state index in [0.29, 0.717) is 13.1 Å². The first-order chi connectivity index (χ1) is 8.46. The Hall–Kier alpha value is -1.75. The van der Waals surface area contributed by atoms with Crippen molar-refractivity contribution in [1.82, 2.24) is 9.80 Å². The zero-order valence-electron chi connectivity index (χ0n) is 10.9. The second kappa shape index (κ2) is 4.49. The van der Waals surface area contributed by atoms with Gasteiger partial charge in [-0.15, -0.1) is 0 Å². The number of nitrogens with zero attached hydrogens (tertiary/aromatic N) is 2. The molecule has 0 bridgehead atoms. The number of β-amino-alcohol motifs (C(OH)–C–C–N with tert-alkyl or cyclic N) is 1. The number of likely N-dealkylation sites (tertiary alicyclic amines) is 1. The van der Waals surface area contributed by atoms with Gasteiger partial charge in [-0.2, -0.15) is 0 Å². The number of ether oxygens (including phenoxy) is 1. The SMILES string of the molecule is COc1ccc(C2(O)CN(C(=O)N(C)C)C2)cc1. The Bertz CT molecular complexity index is 436. The molecule has 1 aromatic rings. The van der Waals surface area contributed by atoms with Crippen LogP contribution in [0.1, 0.15) is 5.56 Å². The van der Waals surface area contributed by atoms with E-state index < -0.39 is 5.60 Å². The van der Waals surface area contributed by atoms with Gasteiger partial charge in [0.2, 0.25) is 0 Å². The van der Waals surface area contributed by atoms with Crippen LogP contribution in [0.3, 0.4) is 0 Å². The van der Waals surface area contributed by atoms with Crippen LogP contribution in [-0.2, 0) is 5.60 Å². The molecule has 1 heterocycles. The third kappa shape index (κ3) is 2.13. The van der Waals surface area contributed by atoms with E-state index in [2.05, 4.69) is 0 Å². The summed E-state index contributed by atoms with van der Waals surface area (Å²) in [6.45, 7) is 0.659. The summed E-state index contributed by atoms with van der Waals surface area (Å²) in [7, 11) is 5.00. The molecule has 0 saturated carbocycles. The second-order valence-electron chi connectivity index (χ2n) is 4.79. The number of amides is 2. The highest BCUT2D eigenvalue weighted by molar-refractivity contribution is 5.75. The van der Waals surface area contributed by atoms with Crippen LogP contribution in [0.25, 0.3) is 0 Å². The molecule has 5 nitrogen and oxygen atoms in total. The summed E-state index contributed by atoms with van der Waals surface area (Å²) < 4.78 is 5.07. The molecule has 1 aromatic carbocycles. The lowest BCUT2D eigenvalue weighted by Crippen LogP contribution is -2.63. The molecule has 0 unspecified atom stereocenters. The number of hydrogen-bond acceptors (Lipinski definition) is 3. The van der Waals surface area contributed by atoms with Gasteiger partial charge in [0.1, 0.15) is 11.4 Å². The summed E-state index contributed by atoms with van der Waals surface area (Å²) >= 11 is 0. The smallest absolute Gasteiger partial charge is 0.319 e. The molecule has 5 heteroatoms. The summed E-state index contributed by atoms with van der Waals surface area (Å²) in [4.78, 5) is 14.8. The molecular formula is C13H18N2O3. The van der Waals surface area contributed by atoms with E-state index in [-0.39, 0.29) is 6.03 Å². The number of methoxy groups -OCH3 is 1. The highest BCUT2D eigenvalue weighted by atomic mass is 16.5. The van der Waals surface area contributed by atoms with Crippen molar-refractivity contribution in [2.45, 2.75) is 5.60 Å². The first kappa shape index (κ1) is 12.7. The first-order valence-electron chi connectivity index (χ1n) is 5.79. The van der Waals surface area contributed by atoms with Crippen molar-refractivity contribution in [1.29, 1.82) is 0 Å². The maximum atomic E-state index is 11.7. The zero-order chi connectivity index (χ0) is 13.3. The van der Waals surface area contributed by atoms with Crippen molar-refractivity contribution in [2.24, 2.45) is 0 Å². The van der Waals surface area contributed by atoms with Crippen LogP contribution in [0, 0.1) is 0 Å². The van der Waals surface area contributed by atoms with Gasteiger partial charge in [-0.05, 0) is 17.7 Å². The number of rotatable bonds is 2. The average molecular weight is 250 g/mol. The lowest BCUT2D eigenvalue weighted by atomic mass is 9.86. The molecule has 0 aliphatic carbocycles. The van der Waals surface area contributed by atoms with Crippen molar-refractivity contribution >= 4 is 6.03 Å². The largest absolute Gasteiger partial charge is 0.497 e. The van der Waals surface area contributed by atoms with E-state index in [1.165, 1.54) is 4.90 Å². The molecule has 2 amide bonds. The lowest BCUT2D eigenvalue weighted by Gasteiger charge is -2.47. The third-order valence-corrected chi connectivity index (χ3v) is 3.19. The quantitative estimate of drug-likeness (QED) is 0.847. The molecule has 98 valence electrons. The Balaban J connectivity index is 2.04. The Kier molecular flexibility index (Phi) is 3.17. The Labute approximate surface area is 107 Å². The van der Waals surface area contributed by atoms with Gasteiger partial charge in [-0.25, -0.2) is 4.79 Å². The summed E-state index contributed by atoms with van der Waals surface area (Å²) in [5.74, 6) is 0.753. The Morgan fingerprint density at radius 1 is 1.33 bits per heavy atom. The van der Waals surface area contributed by atoms with Crippen molar-refractivity contribution in [3.63, 3.8) is 0 Å². The fourth-order valence-corrected chi connectivity index (χ4v) is 2.09. The molecule has 1 fully saturated rings. The topological polar surface area (TPSA) is 53.0 Å². The molecule has 0 radical (unpaired) electrons. The van der Waals surface area contributed by atoms with E-state index in [9.17, 15) is 9.90 Å². The molecule has 0 aromatic heterocycles. The summed E-state index contributed by atoms with van der Waals surface area (Å²) in [5, 5.41) is 10.4. The number of aliphatic hydroxyl groups is 1. The van der Waals surface area contributed by atoms with Gasteiger partial charge in [0.05, 0.1) is 20.2 Å². The summed E-state index contributed by atoms with van der Waals surface area (Å²) in [6.07, 6.45) is 0. The van der Waals surface area contributed by atoms with E-state index in [0.717, 1.165) is 11.3 Å². The highest BCUT2D eigenvalue weighted by Gasteiger charge is 2.45. The van der Waals surface area contributed by atoms with Gasteiger partial charge in [0.15, 0.2) is 0 Å². The van der Waals surface area contributed by atoms with E-state index in [4.69, 9.17) is 4.74 Å². The highest BCUT2D eigenvalue weighted by Crippen LogP contribution is 2.33. The van der Waals surface area contributed by atoms with Crippen LogP contribution in [-0.4, -0.2) is 55.2 Å². The summed E-state index contributed by atoms with van der Waals surface area (Å²) in [5.41, 5.74) is -0.121. The predicted molar refractivity (Wildman–Crippen MR) is 67.5 cm³/mol. The molecule has 2 rings (SSSR count). The van der Waals surface area contributed by atoms with Gasteiger partial charge in [-0.1, -0.05) is 12.1 Å². The van der Waals surface area contributed by atoms with Gasteiger partial charge in [0, 0.05) is 14.1 Å². The minimum Gasteiger partial charge on any atom is -0.497 e. The average Bonchev–Trinajstić information content (AvgIpc) is 2.34. The van der Waals surface area contributed by atoms with Crippen molar-refractivity contribution < 1.29 is 14.6 Å². The predicted octanol–water partition coefficient (Wildman–Crippen LogP) is 0.880. The van der Waals surface area contributed by atoms with Gasteiger partial charge in [-0.3, -0.25) is 0 Å². The number of carbonyl (C=O) groups excluding carboxylic acids is 1. The van der Waals surface area contributed by atoms with Gasteiger partial charge < -0.3 is 19.6 Å². The second-order valence-corrected chi connectivity index (χ2v) is 4.79. The van der Waals surface area contributed by atoms with E-state index in [1.807, 2.05) is 24.3 Å². The molecule has 1 saturated heterocycles. The minimum absolute atomic E-state index is 0.0758. The molecular weight excluding hydrogens is 232 g/mol. The molecule has 18 heavy (non-hydrogen) atoms. The lowest BCUT2D eigenvalue weighted by molar-refractivity contribution is -0.0852. The van der Waals surface area contributed by atoms with Crippen LogP contribution in [0.5, 0.6) is 5.75 Å².